The standard InChI is InChI=1S/C19H31F2N5O2.HI/c1-4-22-19(23-11-15-13-25(2)9-10-26(15)3)24-12-17(27)14-5-7-16(8-6-14)28-18(20)21;/h5-8,15,17-18,27H,4,9-13H2,1-3H3,(H2,22,23,24);1H. The van der Waals surface area contributed by atoms with Gasteiger partial charge in [-0.3, -0.25) is 9.89 Å². The van der Waals surface area contributed by atoms with Crippen molar-refractivity contribution in [2.75, 3.05) is 53.4 Å². The van der Waals surface area contributed by atoms with E-state index < -0.39 is 12.7 Å². The van der Waals surface area contributed by atoms with E-state index in [-0.39, 0.29) is 36.3 Å². The van der Waals surface area contributed by atoms with Crippen molar-refractivity contribution in [2.24, 2.45) is 4.99 Å². The van der Waals surface area contributed by atoms with Crippen molar-refractivity contribution in [1.29, 1.82) is 0 Å². The first-order chi connectivity index (χ1) is 13.4. The number of hydrogen-bond donors (Lipinski definition) is 3. The number of alkyl halides is 2. The van der Waals surface area contributed by atoms with Gasteiger partial charge in [-0.1, -0.05) is 12.1 Å². The van der Waals surface area contributed by atoms with E-state index >= 15 is 0 Å². The fraction of sp³-hybridized carbons (Fsp3) is 0.632. The molecule has 0 amide bonds. The highest BCUT2D eigenvalue weighted by molar-refractivity contribution is 14.0. The Morgan fingerprint density at radius 3 is 2.55 bits per heavy atom. The van der Waals surface area contributed by atoms with Crippen molar-refractivity contribution in [3.63, 3.8) is 0 Å². The number of aliphatic imine (C=N–C) groups is 1. The molecule has 1 saturated heterocycles. The number of nitrogens with zero attached hydrogens (tertiary/aromatic N) is 3. The molecule has 166 valence electrons. The van der Waals surface area contributed by atoms with E-state index in [0.29, 0.717) is 24.1 Å². The summed E-state index contributed by atoms with van der Waals surface area (Å²) < 4.78 is 28.7. The normalized spacial score (nSPS) is 19.6. The van der Waals surface area contributed by atoms with Crippen LogP contribution in [0, 0.1) is 0 Å². The monoisotopic (exact) mass is 527 g/mol. The summed E-state index contributed by atoms with van der Waals surface area (Å²) in [4.78, 5) is 9.09. The minimum Gasteiger partial charge on any atom is -0.435 e. The predicted octanol–water partition coefficient (Wildman–Crippen LogP) is 1.74. The average Bonchev–Trinajstić information content (AvgIpc) is 2.66. The number of aliphatic hydroxyl groups excluding tert-OH is 1. The summed E-state index contributed by atoms with van der Waals surface area (Å²) in [6.45, 7) is 3.82. The third-order valence-electron chi connectivity index (χ3n) is 4.74. The maximum atomic E-state index is 12.2. The second-order valence-electron chi connectivity index (χ2n) is 6.96. The van der Waals surface area contributed by atoms with E-state index in [2.05, 4.69) is 44.3 Å². The molecule has 1 fully saturated rings. The third-order valence-corrected chi connectivity index (χ3v) is 4.74. The predicted molar refractivity (Wildman–Crippen MR) is 121 cm³/mol. The van der Waals surface area contributed by atoms with Crippen LogP contribution in [-0.2, 0) is 0 Å². The molecule has 0 aliphatic carbocycles. The van der Waals surface area contributed by atoms with E-state index in [1.54, 1.807) is 12.1 Å². The maximum Gasteiger partial charge on any atom is 0.387 e. The molecule has 2 rings (SSSR count). The molecule has 0 bridgehead atoms. The molecule has 2 atom stereocenters. The Morgan fingerprint density at radius 2 is 1.93 bits per heavy atom. The zero-order chi connectivity index (χ0) is 20.5. The van der Waals surface area contributed by atoms with Crippen molar-refractivity contribution >= 4 is 29.9 Å². The molecule has 1 heterocycles. The highest BCUT2D eigenvalue weighted by Crippen LogP contribution is 2.19. The van der Waals surface area contributed by atoms with E-state index in [1.807, 2.05) is 6.92 Å². The van der Waals surface area contributed by atoms with Crippen LogP contribution in [0.15, 0.2) is 29.3 Å². The quantitative estimate of drug-likeness (QED) is 0.272. The lowest BCUT2D eigenvalue weighted by Crippen LogP contribution is -2.55. The Balaban J connectivity index is 0.00000420. The molecule has 1 aliphatic rings. The highest BCUT2D eigenvalue weighted by atomic mass is 127. The maximum absolute atomic E-state index is 12.2. The first-order valence-electron chi connectivity index (χ1n) is 9.52. The summed E-state index contributed by atoms with van der Waals surface area (Å²) in [5.41, 5.74) is 0.592. The van der Waals surface area contributed by atoms with Crippen molar-refractivity contribution in [1.82, 2.24) is 20.4 Å². The third kappa shape index (κ3) is 8.97. The number of ether oxygens (including phenoxy) is 1. The van der Waals surface area contributed by atoms with Gasteiger partial charge in [-0.15, -0.1) is 24.0 Å². The fourth-order valence-electron chi connectivity index (χ4n) is 3.03. The summed E-state index contributed by atoms with van der Waals surface area (Å²) in [6, 6.07) is 6.33. The van der Waals surface area contributed by atoms with E-state index in [1.165, 1.54) is 12.1 Å². The van der Waals surface area contributed by atoms with Gasteiger partial charge in [0.25, 0.3) is 0 Å². The Bertz CT molecular complexity index is 621. The second kappa shape index (κ2) is 13.1. The summed E-state index contributed by atoms with van der Waals surface area (Å²) in [5.74, 6) is 0.701. The van der Waals surface area contributed by atoms with Gasteiger partial charge in [0.1, 0.15) is 5.75 Å². The molecule has 0 radical (unpaired) electrons. The van der Waals surface area contributed by atoms with E-state index in [9.17, 15) is 13.9 Å². The van der Waals surface area contributed by atoms with Crippen LogP contribution in [0.1, 0.15) is 18.6 Å². The van der Waals surface area contributed by atoms with Gasteiger partial charge in [-0.2, -0.15) is 8.78 Å². The van der Waals surface area contributed by atoms with Crippen LogP contribution < -0.4 is 15.4 Å². The van der Waals surface area contributed by atoms with Crippen LogP contribution in [0.25, 0.3) is 0 Å². The second-order valence-corrected chi connectivity index (χ2v) is 6.96. The van der Waals surface area contributed by atoms with Crippen LogP contribution in [0.2, 0.25) is 0 Å². The van der Waals surface area contributed by atoms with Crippen molar-refractivity contribution < 1.29 is 18.6 Å². The average molecular weight is 527 g/mol. The Labute approximate surface area is 188 Å². The molecule has 0 spiro atoms. The van der Waals surface area contributed by atoms with E-state index in [4.69, 9.17) is 0 Å². The van der Waals surface area contributed by atoms with Gasteiger partial charge in [0.15, 0.2) is 5.96 Å². The van der Waals surface area contributed by atoms with E-state index in [0.717, 1.165) is 26.2 Å². The summed E-state index contributed by atoms with van der Waals surface area (Å²) >= 11 is 0. The minimum atomic E-state index is -2.86. The van der Waals surface area contributed by atoms with Gasteiger partial charge >= 0.3 is 6.61 Å². The van der Waals surface area contributed by atoms with Crippen LogP contribution in [-0.4, -0.2) is 86.9 Å². The smallest absolute Gasteiger partial charge is 0.387 e. The van der Waals surface area contributed by atoms with Crippen LogP contribution >= 0.6 is 24.0 Å². The molecule has 0 saturated carbocycles. The number of rotatable bonds is 8. The molecule has 1 aromatic carbocycles. The molecule has 7 nitrogen and oxygen atoms in total. The van der Waals surface area contributed by atoms with Gasteiger partial charge in [-0.05, 0) is 38.7 Å². The van der Waals surface area contributed by atoms with Crippen LogP contribution in [0.4, 0.5) is 8.78 Å². The SMILES string of the molecule is CCNC(=NCC(O)c1ccc(OC(F)F)cc1)NCC1CN(C)CCN1C.I. The number of aliphatic hydroxyl groups is 1. The highest BCUT2D eigenvalue weighted by Gasteiger charge is 2.22. The number of halogens is 3. The van der Waals surface area contributed by atoms with Gasteiger partial charge in [0.2, 0.25) is 0 Å². The molecule has 10 heteroatoms. The Hall–Kier alpha value is -1.24. The largest absolute Gasteiger partial charge is 0.435 e. The van der Waals surface area contributed by atoms with Gasteiger partial charge in [0, 0.05) is 38.8 Å². The molecule has 1 aliphatic heterocycles. The molecule has 29 heavy (non-hydrogen) atoms. The van der Waals surface area contributed by atoms with Gasteiger partial charge in [-0.25, -0.2) is 0 Å². The van der Waals surface area contributed by atoms with Crippen molar-refractivity contribution in [3.05, 3.63) is 29.8 Å². The number of benzene rings is 1. The topological polar surface area (TPSA) is 72.4 Å². The Kier molecular flexibility index (Phi) is 11.7. The van der Waals surface area contributed by atoms with Crippen molar-refractivity contribution in [3.8, 4) is 5.75 Å². The molecule has 2 unspecified atom stereocenters. The number of nitrogens with one attached hydrogen (secondary N) is 2. The zero-order valence-corrected chi connectivity index (χ0v) is 19.5. The number of piperazine rings is 1. The van der Waals surface area contributed by atoms with Gasteiger partial charge < -0.3 is 25.4 Å². The molecule has 1 aromatic rings. The molecular weight excluding hydrogens is 495 g/mol. The zero-order valence-electron chi connectivity index (χ0n) is 17.1. The lowest BCUT2D eigenvalue weighted by atomic mass is 10.1. The number of guanidine groups is 1. The van der Waals surface area contributed by atoms with Crippen LogP contribution in [0.3, 0.4) is 0 Å². The molecule has 3 N–H and O–H groups in total. The summed E-state index contributed by atoms with van der Waals surface area (Å²) in [7, 11) is 4.24. The molecule has 0 aromatic heterocycles. The lowest BCUT2D eigenvalue weighted by molar-refractivity contribution is -0.0498. The Morgan fingerprint density at radius 1 is 1.24 bits per heavy atom. The first-order valence-corrected chi connectivity index (χ1v) is 9.52. The fourth-order valence-corrected chi connectivity index (χ4v) is 3.03. The summed E-state index contributed by atoms with van der Waals surface area (Å²) in [5, 5.41) is 16.9. The van der Waals surface area contributed by atoms with Crippen molar-refractivity contribution in [2.45, 2.75) is 25.7 Å². The summed E-state index contributed by atoms with van der Waals surface area (Å²) in [6.07, 6.45) is -0.834. The minimum absolute atomic E-state index is 0. The van der Waals surface area contributed by atoms with Crippen LogP contribution in [0.5, 0.6) is 5.75 Å². The number of likely N-dealkylation sites (N-methyl/N-ethyl adjacent to an activating group) is 2. The van der Waals surface area contributed by atoms with Gasteiger partial charge in [0.05, 0.1) is 12.6 Å². The lowest BCUT2D eigenvalue weighted by Gasteiger charge is -2.37. The molecular formula is C19H32F2IN5O2. The first kappa shape index (κ1) is 25.8. The number of hydrogen-bond acceptors (Lipinski definition) is 5.